The highest BCUT2D eigenvalue weighted by Crippen LogP contribution is 2.19. The van der Waals surface area contributed by atoms with E-state index in [0.717, 1.165) is 19.6 Å². The van der Waals surface area contributed by atoms with Crippen LogP contribution < -0.4 is 4.84 Å². The fraction of sp³-hybridized carbons (Fsp3) is 0.500. The van der Waals surface area contributed by atoms with Crippen molar-refractivity contribution >= 4 is 6.09 Å². The van der Waals surface area contributed by atoms with Crippen LogP contribution in [0.3, 0.4) is 0 Å². The van der Waals surface area contributed by atoms with E-state index in [9.17, 15) is 15.0 Å². The Labute approximate surface area is 123 Å². The van der Waals surface area contributed by atoms with Crippen LogP contribution in [0.5, 0.6) is 11.8 Å². The number of aromatic hydroxyl groups is 2. The van der Waals surface area contributed by atoms with Crippen molar-refractivity contribution in [1.29, 1.82) is 0 Å². The van der Waals surface area contributed by atoms with Gasteiger partial charge in [0.25, 0.3) is 0 Å². The van der Waals surface area contributed by atoms with Gasteiger partial charge in [-0.25, -0.2) is 4.79 Å². The molecule has 1 atom stereocenters. The summed E-state index contributed by atoms with van der Waals surface area (Å²) in [4.78, 5) is 20.8. The molecular formula is C14H21N3O4. The largest absolute Gasteiger partial charge is 0.492 e. The topological polar surface area (TPSA) is 78.2 Å². The normalized spacial score (nSPS) is 17.5. The van der Waals surface area contributed by atoms with Gasteiger partial charge in [-0.2, -0.15) is 0 Å². The number of carbonyl (C=O) groups is 1. The minimum absolute atomic E-state index is 0.320. The molecule has 0 bridgehead atoms. The monoisotopic (exact) mass is 295 g/mol. The SMILES string of the molecule is C=CC(C)CN1CCN(C(=O)On2c(O)ccc2O)CC1. The Kier molecular flexibility index (Phi) is 4.74. The molecule has 0 aromatic carbocycles. The van der Waals surface area contributed by atoms with Crippen molar-refractivity contribution in [2.75, 3.05) is 32.7 Å². The van der Waals surface area contributed by atoms with Crippen molar-refractivity contribution in [2.45, 2.75) is 6.92 Å². The van der Waals surface area contributed by atoms with Gasteiger partial charge in [-0.3, -0.25) is 4.90 Å². The molecule has 116 valence electrons. The second-order valence-electron chi connectivity index (χ2n) is 5.20. The molecule has 0 spiro atoms. The van der Waals surface area contributed by atoms with Gasteiger partial charge in [0.05, 0.1) is 0 Å². The van der Waals surface area contributed by atoms with Gasteiger partial charge in [0.15, 0.2) is 0 Å². The highest BCUT2D eigenvalue weighted by Gasteiger charge is 2.24. The minimum atomic E-state index is -0.590. The summed E-state index contributed by atoms with van der Waals surface area (Å²) in [6.07, 6.45) is 1.33. The predicted molar refractivity (Wildman–Crippen MR) is 77.1 cm³/mol. The summed E-state index contributed by atoms with van der Waals surface area (Å²) in [6, 6.07) is 2.49. The predicted octanol–water partition coefficient (Wildman–Crippen LogP) is 0.888. The Morgan fingerprint density at radius 3 is 2.43 bits per heavy atom. The van der Waals surface area contributed by atoms with Crippen LogP contribution in [0, 0.1) is 5.92 Å². The molecule has 0 aliphatic carbocycles. The Bertz CT molecular complexity index is 487. The number of piperazine rings is 1. The first-order chi connectivity index (χ1) is 10.0. The van der Waals surface area contributed by atoms with E-state index in [1.54, 1.807) is 4.90 Å². The molecule has 1 aliphatic heterocycles. The minimum Gasteiger partial charge on any atom is -0.492 e. The smallest absolute Gasteiger partial charge is 0.434 e. The molecule has 1 fully saturated rings. The summed E-state index contributed by atoms with van der Waals surface area (Å²) in [5.74, 6) is -0.226. The maximum Gasteiger partial charge on any atom is 0.434 e. The maximum atomic E-state index is 12.0. The van der Waals surface area contributed by atoms with E-state index in [2.05, 4.69) is 18.4 Å². The zero-order chi connectivity index (χ0) is 15.4. The molecule has 2 N–H and O–H groups in total. The highest BCUT2D eigenvalue weighted by molar-refractivity contribution is 5.68. The molecule has 2 rings (SSSR count). The fourth-order valence-corrected chi connectivity index (χ4v) is 2.23. The molecule has 0 saturated carbocycles. The zero-order valence-corrected chi connectivity index (χ0v) is 12.1. The standard InChI is InChI=1S/C14H21N3O4/c1-3-11(2)10-15-6-8-16(9-7-15)14(20)21-17-12(18)4-5-13(17)19/h3-5,11,18-19H,1,6-10H2,2H3. The Morgan fingerprint density at radius 1 is 1.33 bits per heavy atom. The maximum absolute atomic E-state index is 12.0. The highest BCUT2D eigenvalue weighted by atomic mass is 16.7. The summed E-state index contributed by atoms with van der Waals surface area (Å²) in [7, 11) is 0. The second-order valence-corrected chi connectivity index (χ2v) is 5.20. The quantitative estimate of drug-likeness (QED) is 0.807. The summed E-state index contributed by atoms with van der Waals surface area (Å²) < 4.78 is 0.703. The van der Waals surface area contributed by atoms with Crippen LogP contribution in [0.4, 0.5) is 4.79 Å². The van der Waals surface area contributed by atoms with Gasteiger partial charge in [-0.15, -0.1) is 11.3 Å². The van der Waals surface area contributed by atoms with Gasteiger partial charge < -0.3 is 20.0 Å². The van der Waals surface area contributed by atoms with E-state index in [1.807, 2.05) is 6.08 Å². The summed E-state index contributed by atoms with van der Waals surface area (Å²) in [5, 5.41) is 18.9. The molecule has 7 nitrogen and oxygen atoms in total. The number of aromatic nitrogens is 1. The van der Waals surface area contributed by atoms with Crippen LogP contribution in [0.25, 0.3) is 0 Å². The van der Waals surface area contributed by atoms with Crippen LogP contribution in [0.2, 0.25) is 0 Å². The third-order valence-electron chi connectivity index (χ3n) is 3.55. The lowest BCUT2D eigenvalue weighted by molar-refractivity contribution is 0.0555. The molecule has 21 heavy (non-hydrogen) atoms. The van der Waals surface area contributed by atoms with Crippen LogP contribution in [-0.2, 0) is 0 Å². The zero-order valence-electron chi connectivity index (χ0n) is 12.1. The van der Waals surface area contributed by atoms with E-state index >= 15 is 0 Å². The lowest BCUT2D eigenvalue weighted by Crippen LogP contribution is -2.51. The van der Waals surface area contributed by atoms with Crippen molar-refractivity contribution in [1.82, 2.24) is 14.5 Å². The number of carbonyl (C=O) groups excluding carboxylic acids is 1. The van der Waals surface area contributed by atoms with E-state index in [0.29, 0.717) is 23.7 Å². The second kappa shape index (κ2) is 6.53. The Balaban J connectivity index is 1.85. The van der Waals surface area contributed by atoms with Gasteiger partial charge in [0, 0.05) is 44.9 Å². The van der Waals surface area contributed by atoms with Gasteiger partial charge >= 0.3 is 6.09 Å². The molecule has 1 unspecified atom stereocenters. The molecule has 1 aromatic rings. The average Bonchev–Trinajstić information content (AvgIpc) is 2.79. The third-order valence-corrected chi connectivity index (χ3v) is 3.55. The number of rotatable bonds is 4. The summed E-state index contributed by atoms with van der Waals surface area (Å²) >= 11 is 0. The third kappa shape index (κ3) is 3.69. The molecule has 1 aliphatic rings. The van der Waals surface area contributed by atoms with Crippen molar-refractivity contribution in [3.8, 4) is 11.8 Å². The van der Waals surface area contributed by atoms with Gasteiger partial charge in [0.2, 0.25) is 11.8 Å². The van der Waals surface area contributed by atoms with Crippen LogP contribution >= 0.6 is 0 Å². The molecule has 1 amide bonds. The molecular weight excluding hydrogens is 274 g/mol. The van der Waals surface area contributed by atoms with Crippen LogP contribution in [0.15, 0.2) is 24.8 Å². The number of amides is 1. The average molecular weight is 295 g/mol. The fourth-order valence-electron chi connectivity index (χ4n) is 2.23. The van der Waals surface area contributed by atoms with Crippen molar-refractivity contribution in [3.05, 3.63) is 24.8 Å². The van der Waals surface area contributed by atoms with E-state index < -0.39 is 6.09 Å². The number of hydrogen-bond donors (Lipinski definition) is 2. The lowest BCUT2D eigenvalue weighted by atomic mass is 10.1. The molecule has 0 radical (unpaired) electrons. The summed E-state index contributed by atoms with van der Waals surface area (Å²) in [6.45, 7) is 9.41. The van der Waals surface area contributed by atoms with Crippen LogP contribution in [0.1, 0.15) is 6.92 Å². The molecule has 1 saturated heterocycles. The Hall–Kier alpha value is -2.15. The first-order valence-corrected chi connectivity index (χ1v) is 6.93. The lowest BCUT2D eigenvalue weighted by Gasteiger charge is -2.34. The molecule has 2 heterocycles. The van der Waals surface area contributed by atoms with Crippen molar-refractivity contribution in [2.24, 2.45) is 5.92 Å². The van der Waals surface area contributed by atoms with Gasteiger partial charge in [0.1, 0.15) is 0 Å². The number of nitrogens with zero attached hydrogens (tertiary/aromatic N) is 3. The van der Waals surface area contributed by atoms with Crippen LogP contribution in [-0.4, -0.2) is 63.6 Å². The van der Waals surface area contributed by atoms with Gasteiger partial charge in [-0.05, 0) is 5.92 Å². The molecule has 7 heteroatoms. The van der Waals surface area contributed by atoms with E-state index in [1.165, 1.54) is 12.1 Å². The van der Waals surface area contributed by atoms with Gasteiger partial charge in [-0.1, -0.05) is 13.0 Å². The molecule has 1 aromatic heterocycles. The van der Waals surface area contributed by atoms with E-state index in [-0.39, 0.29) is 11.8 Å². The summed E-state index contributed by atoms with van der Waals surface area (Å²) in [5.41, 5.74) is 0. The van der Waals surface area contributed by atoms with E-state index in [4.69, 9.17) is 4.84 Å². The van der Waals surface area contributed by atoms with Crippen molar-refractivity contribution in [3.63, 3.8) is 0 Å². The Morgan fingerprint density at radius 2 is 1.90 bits per heavy atom. The first kappa shape index (κ1) is 15.2. The first-order valence-electron chi connectivity index (χ1n) is 6.93. The number of hydrogen-bond acceptors (Lipinski definition) is 5. The van der Waals surface area contributed by atoms with Crippen molar-refractivity contribution < 1.29 is 19.8 Å².